The second kappa shape index (κ2) is 6.94. The van der Waals surface area contributed by atoms with Crippen molar-refractivity contribution >= 4 is 48.0 Å². The summed E-state index contributed by atoms with van der Waals surface area (Å²) in [5, 5.41) is 0.695. The van der Waals surface area contributed by atoms with Crippen LogP contribution in [0.2, 0.25) is 5.02 Å². The van der Waals surface area contributed by atoms with Crippen molar-refractivity contribution in [2.75, 3.05) is 0 Å². The van der Waals surface area contributed by atoms with Gasteiger partial charge in [-0.25, -0.2) is 0 Å². The highest BCUT2D eigenvalue weighted by atomic mass is 35.5. The van der Waals surface area contributed by atoms with E-state index in [-0.39, 0.29) is 10.6 Å². The number of carbonyl (C=O) groups excluding carboxylic acids is 1. The number of thioether (sulfide) groups is 1. The van der Waals surface area contributed by atoms with Gasteiger partial charge in [0.05, 0.1) is 4.91 Å². The molecule has 0 N–H and O–H groups in total. The first kappa shape index (κ1) is 17.8. The average molecular weight is 418 g/mol. The zero-order valence-corrected chi connectivity index (χ0v) is 17.1. The molecule has 2 aromatic rings. The molecule has 3 fully saturated rings. The fourth-order valence-corrected chi connectivity index (χ4v) is 6.47. The molecule has 1 aliphatic heterocycles. The van der Waals surface area contributed by atoms with E-state index in [4.69, 9.17) is 28.6 Å². The summed E-state index contributed by atoms with van der Waals surface area (Å²) in [5.41, 5.74) is 0.963. The molecule has 1 saturated heterocycles. The number of halogens is 1. The van der Waals surface area contributed by atoms with Crippen LogP contribution in [0.25, 0.3) is 17.4 Å². The lowest BCUT2D eigenvalue weighted by Crippen LogP contribution is -2.42. The van der Waals surface area contributed by atoms with Crippen molar-refractivity contribution < 1.29 is 9.21 Å². The molecule has 1 amide bonds. The first-order chi connectivity index (χ1) is 13.1. The molecule has 140 valence electrons. The van der Waals surface area contributed by atoms with Gasteiger partial charge in [0, 0.05) is 22.7 Å². The first-order valence-electron chi connectivity index (χ1n) is 9.33. The van der Waals surface area contributed by atoms with Crippen molar-refractivity contribution in [1.82, 2.24) is 4.90 Å². The minimum absolute atomic E-state index is 0.0983. The monoisotopic (exact) mass is 417 g/mol. The summed E-state index contributed by atoms with van der Waals surface area (Å²) < 4.78 is 5.84. The number of benzene rings is 1. The van der Waals surface area contributed by atoms with Gasteiger partial charge < -0.3 is 9.32 Å². The molecule has 0 radical (unpaired) electrons. The van der Waals surface area contributed by atoms with Gasteiger partial charge in [-0.2, -0.15) is 0 Å². The van der Waals surface area contributed by atoms with E-state index in [9.17, 15) is 4.79 Å². The molecule has 4 unspecified atom stereocenters. The number of rotatable bonds is 3. The summed E-state index contributed by atoms with van der Waals surface area (Å²) in [7, 11) is 0. The predicted octanol–water partition coefficient (Wildman–Crippen LogP) is 5.92. The highest BCUT2D eigenvalue weighted by molar-refractivity contribution is 8.14. The van der Waals surface area contributed by atoms with Crippen molar-refractivity contribution in [1.29, 1.82) is 0 Å². The van der Waals surface area contributed by atoms with Gasteiger partial charge in [0.15, 0.2) is 0 Å². The Morgan fingerprint density at radius 1 is 1.15 bits per heavy atom. The number of hydrogen-bond acceptors (Lipinski definition) is 4. The fourth-order valence-electron chi connectivity index (χ4n) is 4.74. The van der Waals surface area contributed by atoms with Gasteiger partial charge in [-0.3, -0.25) is 4.79 Å². The standard InChI is InChI=1S/C21H20ClNO2S2/c22-15-5-3-13(4-6-15)18-8-7-16(25-18)11-19-20(24)23(21(26)27-19)17-10-12-1-2-14(17)9-12/h3-8,11-12,14,17,21,26H,1-2,9-10H2/b19-11-. The minimum atomic E-state index is -0.0983. The molecule has 3 aliphatic rings. The Morgan fingerprint density at radius 3 is 2.67 bits per heavy atom. The zero-order valence-electron chi connectivity index (χ0n) is 14.7. The van der Waals surface area contributed by atoms with Crippen LogP contribution in [-0.4, -0.2) is 21.6 Å². The summed E-state index contributed by atoms with van der Waals surface area (Å²) in [6, 6.07) is 11.7. The van der Waals surface area contributed by atoms with Crippen LogP contribution in [0.5, 0.6) is 0 Å². The maximum atomic E-state index is 13.0. The van der Waals surface area contributed by atoms with E-state index in [1.807, 2.05) is 47.4 Å². The summed E-state index contributed by atoms with van der Waals surface area (Å²) in [6.45, 7) is 0. The SMILES string of the molecule is O=C1/C(=C/c2ccc(-c3ccc(Cl)cc3)o2)SC(S)N1C1CC2CCC1C2. The summed E-state index contributed by atoms with van der Waals surface area (Å²) in [6.07, 6.45) is 6.86. The van der Waals surface area contributed by atoms with E-state index in [1.165, 1.54) is 31.0 Å². The lowest BCUT2D eigenvalue weighted by molar-refractivity contribution is -0.128. The van der Waals surface area contributed by atoms with Crippen molar-refractivity contribution in [3.8, 4) is 11.3 Å². The molecule has 2 saturated carbocycles. The summed E-state index contributed by atoms with van der Waals surface area (Å²) in [5.74, 6) is 3.02. The van der Waals surface area contributed by atoms with Gasteiger partial charge in [-0.15, -0.1) is 12.6 Å². The number of furan rings is 1. The Hall–Kier alpha value is -1.30. The third-order valence-corrected chi connectivity index (χ3v) is 7.80. The van der Waals surface area contributed by atoms with E-state index in [2.05, 4.69) is 0 Å². The second-order valence-electron chi connectivity index (χ2n) is 7.62. The maximum Gasteiger partial charge on any atom is 0.262 e. The van der Waals surface area contributed by atoms with Gasteiger partial charge in [0.1, 0.15) is 16.2 Å². The molecule has 2 bridgehead atoms. The third kappa shape index (κ3) is 3.24. The summed E-state index contributed by atoms with van der Waals surface area (Å²) >= 11 is 12.2. The number of fused-ring (bicyclic) bond motifs is 2. The smallest absolute Gasteiger partial charge is 0.262 e. The van der Waals surface area contributed by atoms with Crippen LogP contribution in [0.4, 0.5) is 0 Å². The second-order valence-corrected chi connectivity index (χ2v) is 10.0. The molecule has 6 heteroatoms. The normalized spacial score (nSPS) is 31.4. The molecule has 4 atom stereocenters. The van der Waals surface area contributed by atoms with Crippen LogP contribution < -0.4 is 0 Å². The molecular formula is C21H20ClNO2S2. The van der Waals surface area contributed by atoms with Gasteiger partial charge >= 0.3 is 0 Å². The topological polar surface area (TPSA) is 33.5 Å². The number of thiol groups is 1. The molecule has 0 spiro atoms. The lowest BCUT2D eigenvalue weighted by atomic mass is 9.94. The Balaban J connectivity index is 1.36. The Labute approximate surface area is 173 Å². The van der Waals surface area contributed by atoms with Gasteiger partial charge in [0.2, 0.25) is 0 Å². The molecule has 27 heavy (non-hydrogen) atoms. The third-order valence-electron chi connectivity index (χ3n) is 6.00. The largest absolute Gasteiger partial charge is 0.457 e. The molecule has 3 nitrogen and oxygen atoms in total. The van der Waals surface area contributed by atoms with Crippen molar-refractivity contribution in [3.63, 3.8) is 0 Å². The molecular weight excluding hydrogens is 398 g/mol. The van der Waals surface area contributed by atoms with Gasteiger partial charge in [0.25, 0.3) is 5.91 Å². The molecule has 5 rings (SSSR count). The van der Waals surface area contributed by atoms with Crippen molar-refractivity contribution in [2.24, 2.45) is 11.8 Å². The van der Waals surface area contributed by atoms with Crippen LogP contribution in [0.3, 0.4) is 0 Å². The number of amides is 1. The van der Waals surface area contributed by atoms with Gasteiger partial charge in [-0.05, 0) is 67.5 Å². The van der Waals surface area contributed by atoms with Gasteiger partial charge in [-0.1, -0.05) is 29.8 Å². The minimum Gasteiger partial charge on any atom is -0.457 e. The predicted molar refractivity (Wildman–Crippen MR) is 114 cm³/mol. The quantitative estimate of drug-likeness (QED) is 0.497. The Bertz CT molecular complexity index is 907. The van der Waals surface area contributed by atoms with Crippen molar-refractivity contribution in [3.05, 3.63) is 52.1 Å². The van der Waals surface area contributed by atoms with Crippen LogP contribution >= 0.6 is 36.0 Å². The molecule has 2 heterocycles. The first-order valence-corrected chi connectivity index (χ1v) is 11.1. The molecule has 2 aliphatic carbocycles. The van der Waals surface area contributed by atoms with E-state index < -0.39 is 0 Å². The van der Waals surface area contributed by atoms with Crippen molar-refractivity contribution in [2.45, 2.75) is 36.4 Å². The van der Waals surface area contributed by atoms with E-state index in [0.717, 1.165) is 28.6 Å². The molecule has 1 aromatic carbocycles. The van der Waals surface area contributed by atoms with Crippen LogP contribution in [0, 0.1) is 11.8 Å². The van der Waals surface area contributed by atoms with E-state index in [0.29, 0.717) is 22.7 Å². The number of nitrogens with zero attached hydrogens (tertiary/aromatic N) is 1. The fraction of sp³-hybridized carbons (Fsp3) is 0.381. The highest BCUT2D eigenvalue weighted by Crippen LogP contribution is 2.51. The van der Waals surface area contributed by atoms with Crippen LogP contribution in [0.1, 0.15) is 31.4 Å². The van der Waals surface area contributed by atoms with Crippen LogP contribution in [0.15, 0.2) is 45.7 Å². The van der Waals surface area contributed by atoms with E-state index in [1.54, 1.807) is 0 Å². The Morgan fingerprint density at radius 2 is 1.96 bits per heavy atom. The van der Waals surface area contributed by atoms with Crippen LogP contribution in [-0.2, 0) is 4.79 Å². The average Bonchev–Trinajstić information content (AvgIpc) is 3.42. The Kier molecular flexibility index (Phi) is 4.57. The van der Waals surface area contributed by atoms with E-state index >= 15 is 0 Å². The molecule has 1 aromatic heterocycles. The number of hydrogen-bond donors (Lipinski definition) is 1. The summed E-state index contributed by atoms with van der Waals surface area (Å²) in [4.78, 5) is 15.8. The maximum absolute atomic E-state index is 13.0. The highest BCUT2D eigenvalue weighted by Gasteiger charge is 2.48. The lowest BCUT2D eigenvalue weighted by Gasteiger charge is -2.33. The zero-order chi connectivity index (χ0) is 18.5. The number of carbonyl (C=O) groups is 1.